The van der Waals surface area contributed by atoms with Gasteiger partial charge in [-0.2, -0.15) is 0 Å². The van der Waals surface area contributed by atoms with E-state index < -0.39 is 0 Å². The minimum absolute atomic E-state index is 0.448. The van der Waals surface area contributed by atoms with E-state index >= 15 is 0 Å². The summed E-state index contributed by atoms with van der Waals surface area (Å²) in [6.45, 7) is 1.26. The molecule has 1 fully saturated rings. The average Bonchev–Trinajstić information content (AvgIpc) is 2.98. The Kier molecular flexibility index (Phi) is 4.38. The van der Waals surface area contributed by atoms with Crippen LogP contribution in [-0.4, -0.2) is 29.9 Å². The predicted octanol–water partition coefficient (Wildman–Crippen LogP) is 2.36. The number of nitrogens with zero attached hydrogens (tertiary/aromatic N) is 4. The van der Waals surface area contributed by atoms with Gasteiger partial charge in [-0.05, 0) is 30.9 Å². The number of hydrogen-bond acceptors (Lipinski definition) is 4. The van der Waals surface area contributed by atoms with Crippen LogP contribution in [0.3, 0.4) is 0 Å². The summed E-state index contributed by atoms with van der Waals surface area (Å²) >= 11 is 0. The molecular weight excluding hydrogens is 252 g/mol. The van der Waals surface area contributed by atoms with Crippen LogP contribution in [0, 0.1) is 5.92 Å². The molecule has 1 aromatic rings. The molecular formula is C15H19N4O. The first-order chi connectivity index (χ1) is 9.92. The van der Waals surface area contributed by atoms with Crippen molar-refractivity contribution in [1.82, 2.24) is 10.3 Å². The smallest absolute Gasteiger partial charge is 0.185 e. The predicted molar refractivity (Wildman–Crippen MR) is 77.7 cm³/mol. The van der Waals surface area contributed by atoms with Crippen molar-refractivity contribution in [3.05, 3.63) is 30.1 Å². The molecule has 0 aromatic carbocycles. The Morgan fingerprint density at radius 1 is 1.15 bits per heavy atom. The molecule has 0 bridgehead atoms. The van der Waals surface area contributed by atoms with Gasteiger partial charge in [-0.15, -0.1) is 10.2 Å². The van der Waals surface area contributed by atoms with Crippen molar-refractivity contribution in [2.24, 2.45) is 16.1 Å². The first kappa shape index (κ1) is 13.2. The van der Waals surface area contributed by atoms with Crippen molar-refractivity contribution >= 4 is 11.7 Å². The number of ether oxygens (including phenoxy) is 1. The lowest BCUT2D eigenvalue weighted by Gasteiger charge is -2.21. The van der Waals surface area contributed by atoms with E-state index in [2.05, 4.69) is 20.5 Å². The maximum Gasteiger partial charge on any atom is 0.185 e. The molecule has 2 heterocycles. The van der Waals surface area contributed by atoms with Gasteiger partial charge in [-0.1, -0.05) is 19.3 Å². The fraction of sp³-hybridized carbons (Fsp3) is 0.533. The topological polar surface area (TPSA) is 60.9 Å². The number of amidine groups is 2. The monoisotopic (exact) mass is 271 g/mol. The zero-order valence-electron chi connectivity index (χ0n) is 11.5. The third kappa shape index (κ3) is 3.42. The van der Waals surface area contributed by atoms with Crippen LogP contribution in [0.4, 0.5) is 0 Å². The summed E-state index contributed by atoms with van der Waals surface area (Å²) in [6.07, 6.45) is 10.1. The number of aromatic nitrogens is 1. The number of rotatable bonds is 5. The molecule has 1 saturated carbocycles. The highest BCUT2D eigenvalue weighted by Crippen LogP contribution is 2.23. The lowest BCUT2D eigenvalue weighted by molar-refractivity contribution is 0.111. The van der Waals surface area contributed by atoms with E-state index in [9.17, 15) is 0 Å². The van der Waals surface area contributed by atoms with Crippen molar-refractivity contribution in [3.8, 4) is 0 Å². The highest BCUT2D eigenvalue weighted by Gasteiger charge is 2.17. The van der Waals surface area contributed by atoms with Crippen molar-refractivity contribution in [2.75, 3.05) is 13.2 Å². The lowest BCUT2D eigenvalue weighted by atomic mass is 9.90. The van der Waals surface area contributed by atoms with Crippen LogP contribution in [0.2, 0.25) is 0 Å². The second-order valence-electron chi connectivity index (χ2n) is 5.31. The van der Waals surface area contributed by atoms with Crippen molar-refractivity contribution in [1.29, 1.82) is 0 Å². The van der Waals surface area contributed by atoms with Gasteiger partial charge in [0.15, 0.2) is 11.7 Å². The van der Waals surface area contributed by atoms with Gasteiger partial charge in [-0.3, -0.25) is 4.98 Å². The van der Waals surface area contributed by atoms with Crippen LogP contribution in [0.1, 0.15) is 37.7 Å². The molecule has 1 aromatic heterocycles. The zero-order valence-corrected chi connectivity index (χ0v) is 11.5. The van der Waals surface area contributed by atoms with Gasteiger partial charge >= 0.3 is 0 Å². The standard InChI is InChI=1S/C15H19N4O/c1-2-5-12(6-3-1)10-20-11-14-17-15(19-18-14)13-7-4-8-16-9-13/h4,7-9,12H,1-3,5-6,10-11H2. The van der Waals surface area contributed by atoms with Crippen LogP contribution in [0.15, 0.2) is 34.7 Å². The second-order valence-corrected chi connectivity index (χ2v) is 5.31. The Morgan fingerprint density at radius 3 is 2.85 bits per heavy atom. The molecule has 2 aliphatic rings. The van der Waals surface area contributed by atoms with E-state index in [0.717, 1.165) is 12.2 Å². The van der Waals surface area contributed by atoms with E-state index in [1.807, 2.05) is 12.1 Å². The Balaban J connectivity index is 1.41. The molecule has 1 aliphatic heterocycles. The van der Waals surface area contributed by atoms with E-state index in [-0.39, 0.29) is 0 Å². The van der Waals surface area contributed by atoms with Gasteiger partial charge in [0.05, 0.1) is 0 Å². The molecule has 0 amide bonds. The molecule has 0 N–H and O–H groups in total. The molecule has 0 spiro atoms. The van der Waals surface area contributed by atoms with E-state index in [1.165, 1.54) is 32.1 Å². The second kappa shape index (κ2) is 6.61. The Bertz CT molecular complexity index is 492. The summed E-state index contributed by atoms with van der Waals surface area (Å²) < 4.78 is 5.73. The fourth-order valence-corrected chi connectivity index (χ4v) is 2.62. The summed E-state index contributed by atoms with van der Waals surface area (Å²) in [6, 6.07) is 3.79. The molecule has 0 saturated heterocycles. The average molecular weight is 271 g/mol. The molecule has 0 unspecified atom stereocenters. The first-order valence-corrected chi connectivity index (χ1v) is 7.26. The highest BCUT2D eigenvalue weighted by molar-refractivity contribution is 6.11. The fourth-order valence-electron chi connectivity index (χ4n) is 2.62. The van der Waals surface area contributed by atoms with Crippen LogP contribution < -0.4 is 5.32 Å². The van der Waals surface area contributed by atoms with Gasteiger partial charge in [0.2, 0.25) is 0 Å². The van der Waals surface area contributed by atoms with Gasteiger partial charge in [0.25, 0.3) is 0 Å². The minimum Gasteiger partial charge on any atom is -0.373 e. The minimum atomic E-state index is 0.448. The SMILES string of the molecule is c1cncc(C2=NN=C(COCC3CCCCC3)[N]2)c1. The van der Waals surface area contributed by atoms with E-state index in [1.54, 1.807) is 12.4 Å². The number of pyridine rings is 1. The van der Waals surface area contributed by atoms with Gasteiger partial charge in [-0.25, -0.2) is 5.32 Å². The molecule has 5 heteroatoms. The summed E-state index contributed by atoms with van der Waals surface area (Å²) in [7, 11) is 0. The Hall–Kier alpha value is -1.75. The number of hydrogen-bond donors (Lipinski definition) is 0. The zero-order chi connectivity index (χ0) is 13.6. The van der Waals surface area contributed by atoms with Gasteiger partial charge < -0.3 is 4.74 Å². The van der Waals surface area contributed by atoms with Crippen LogP contribution in [0.25, 0.3) is 0 Å². The first-order valence-electron chi connectivity index (χ1n) is 7.26. The third-order valence-corrected chi connectivity index (χ3v) is 3.72. The molecule has 0 atom stereocenters. The maximum atomic E-state index is 5.73. The van der Waals surface area contributed by atoms with Gasteiger partial charge in [0.1, 0.15) is 6.61 Å². The Morgan fingerprint density at radius 2 is 2.05 bits per heavy atom. The van der Waals surface area contributed by atoms with Gasteiger partial charge in [0, 0.05) is 24.6 Å². The Labute approximate surface area is 119 Å². The third-order valence-electron chi connectivity index (χ3n) is 3.72. The van der Waals surface area contributed by atoms with E-state index in [4.69, 9.17) is 4.74 Å². The largest absolute Gasteiger partial charge is 0.373 e. The maximum absolute atomic E-state index is 5.73. The molecule has 3 rings (SSSR count). The molecule has 20 heavy (non-hydrogen) atoms. The normalized spacial score (nSPS) is 19.4. The summed E-state index contributed by atoms with van der Waals surface area (Å²) in [5.41, 5.74) is 0.888. The molecule has 105 valence electrons. The van der Waals surface area contributed by atoms with Crippen LogP contribution in [-0.2, 0) is 4.74 Å². The molecule has 5 nitrogen and oxygen atoms in total. The van der Waals surface area contributed by atoms with E-state index in [0.29, 0.717) is 24.2 Å². The molecule has 1 radical (unpaired) electrons. The van der Waals surface area contributed by atoms with Crippen molar-refractivity contribution in [3.63, 3.8) is 0 Å². The summed E-state index contributed by atoms with van der Waals surface area (Å²) in [5.74, 6) is 1.98. The quantitative estimate of drug-likeness (QED) is 0.825. The summed E-state index contributed by atoms with van der Waals surface area (Å²) in [4.78, 5) is 4.05. The van der Waals surface area contributed by atoms with Crippen molar-refractivity contribution in [2.45, 2.75) is 32.1 Å². The van der Waals surface area contributed by atoms with Crippen LogP contribution >= 0.6 is 0 Å². The van der Waals surface area contributed by atoms with Crippen LogP contribution in [0.5, 0.6) is 0 Å². The highest BCUT2D eigenvalue weighted by atomic mass is 16.5. The molecule has 1 aliphatic carbocycles. The summed E-state index contributed by atoms with van der Waals surface area (Å²) in [5, 5.41) is 12.5. The van der Waals surface area contributed by atoms with Crippen molar-refractivity contribution < 1.29 is 4.74 Å². The lowest BCUT2D eigenvalue weighted by Crippen LogP contribution is -2.25.